The summed E-state index contributed by atoms with van der Waals surface area (Å²) in [4.78, 5) is 14.1. The maximum atomic E-state index is 14.1. The van der Waals surface area contributed by atoms with Gasteiger partial charge in [-0.2, -0.15) is 0 Å². The van der Waals surface area contributed by atoms with Gasteiger partial charge in [0.2, 0.25) is 6.29 Å². The number of rotatable bonds is 19. The Hall–Kier alpha value is -5.97. The van der Waals surface area contributed by atoms with Gasteiger partial charge in [0.15, 0.2) is 18.7 Å². The molecule has 354 valence electrons. The topological polar surface area (TPSA) is 128 Å². The van der Waals surface area contributed by atoms with E-state index in [4.69, 9.17) is 56.8 Å². The van der Waals surface area contributed by atoms with Crippen LogP contribution < -0.4 is 9.47 Å². The van der Waals surface area contributed by atoms with E-state index in [9.17, 15) is 4.79 Å². The highest BCUT2D eigenvalue weighted by atomic mass is 16.8. The molecule has 0 aromatic heterocycles. The van der Waals surface area contributed by atoms with Crippen LogP contribution in [-0.4, -0.2) is 88.2 Å². The van der Waals surface area contributed by atoms with Crippen molar-refractivity contribution in [3.05, 3.63) is 204 Å². The third-order valence-electron chi connectivity index (χ3n) is 12.0. The fourth-order valence-electron chi connectivity index (χ4n) is 8.54. The normalized spacial score (nSPS) is 26.8. The number of esters is 1. The molecule has 3 heterocycles. The minimum absolute atomic E-state index is 0.125. The van der Waals surface area contributed by atoms with Crippen LogP contribution in [0.5, 0.6) is 11.5 Å². The van der Waals surface area contributed by atoms with Crippen LogP contribution in [-0.2, 0) is 78.6 Å². The van der Waals surface area contributed by atoms with Gasteiger partial charge in [-0.3, -0.25) is 0 Å². The SMILES string of the molecule is COC(=O)[C@H]1O[C@H](O[C@H]2[C@H]3O[C@@H](c4ccccc4)OC[C@H]3O[C@@H](Oc3ccc(OC)cc3)[C@@H]2OCc2ccccc2)[C@H](OCc2ccccc2)[C@@H](OCc2ccccc2)[C@@H]1OCc1ccccc1. The second kappa shape index (κ2) is 23.4. The predicted octanol–water partition coefficient (Wildman–Crippen LogP) is 8.54. The van der Waals surface area contributed by atoms with Crippen LogP contribution in [0.2, 0.25) is 0 Å². The summed E-state index contributed by atoms with van der Waals surface area (Å²) in [5.41, 5.74) is 4.39. The molecule has 13 nitrogen and oxygen atoms in total. The number of hydrogen-bond donors (Lipinski definition) is 0. The summed E-state index contributed by atoms with van der Waals surface area (Å²) in [6, 6.07) is 55.8. The average molecular weight is 925 g/mol. The van der Waals surface area contributed by atoms with Crippen LogP contribution in [0.15, 0.2) is 176 Å². The first-order valence-corrected chi connectivity index (χ1v) is 22.8. The molecule has 3 fully saturated rings. The zero-order valence-electron chi connectivity index (χ0n) is 37.9. The van der Waals surface area contributed by atoms with Gasteiger partial charge in [-0.15, -0.1) is 0 Å². The van der Waals surface area contributed by atoms with E-state index in [0.717, 1.165) is 27.8 Å². The number of methoxy groups -OCH3 is 2. The molecule has 0 aliphatic carbocycles. The van der Waals surface area contributed by atoms with Crippen LogP contribution in [0, 0.1) is 0 Å². The summed E-state index contributed by atoms with van der Waals surface area (Å²) in [6.45, 7) is 0.731. The maximum absolute atomic E-state index is 14.1. The molecule has 0 unspecified atom stereocenters. The highest BCUT2D eigenvalue weighted by Gasteiger charge is 2.57. The molecule has 68 heavy (non-hydrogen) atoms. The van der Waals surface area contributed by atoms with E-state index < -0.39 is 73.7 Å². The van der Waals surface area contributed by atoms with Gasteiger partial charge in [-0.25, -0.2) is 4.79 Å². The van der Waals surface area contributed by atoms with Gasteiger partial charge < -0.3 is 56.8 Å². The van der Waals surface area contributed by atoms with Crippen molar-refractivity contribution in [3.63, 3.8) is 0 Å². The van der Waals surface area contributed by atoms with E-state index in [1.165, 1.54) is 7.11 Å². The van der Waals surface area contributed by atoms with Crippen LogP contribution in [0.4, 0.5) is 0 Å². The van der Waals surface area contributed by atoms with Gasteiger partial charge >= 0.3 is 5.97 Å². The summed E-state index contributed by atoms with van der Waals surface area (Å²) in [6.07, 6.45) is -11.0. The summed E-state index contributed by atoms with van der Waals surface area (Å²) in [7, 11) is 2.91. The van der Waals surface area contributed by atoms with Crippen molar-refractivity contribution in [1.29, 1.82) is 0 Å². The van der Waals surface area contributed by atoms with Crippen molar-refractivity contribution in [2.24, 2.45) is 0 Å². The number of hydrogen-bond acceptors (Lipinski definition) is 13. The molecule has 3 aliphatic heterocycles. The lowest BCUT2D eigenvalue weighted by Gasteiger charge is -2.51. The number of fused-ring (bicyclic) bond motifs is 1. The van der Waals surface area contributed by atoms with E-state index in [1.54, 1.807) is 31.4 Å². The summed E-state index contributed by atoms with van der Waals surface area (Å²) >= 11 is 0. The first-order chi connectivity index (χ1) is 33.5. The van der Waals surface area contributed by atoms with Crippen LogP contribution >= 0.6 is 0 Å². The Morgan fingerprint density at radius 3 is 1.44 bits per heavy atom. The number of carbonyl (C=O) groups is 1. The van der Waals surface area contributed by atoms with E-state index >= 15 is 0 Å². The van der Waals surface area contributed by atoms with Crippen molar-refractivity contribution in [3.8, 4) is 11.5 Å². The van der Waals surface area contributed by atoms with Crippen molar-refractivity contribution in [2.45, 2.75) is 94.1 Å². The van der Waals surface area contributed by atoms with Crippen molar-refractivity contribution in [1.82, 2.24) is 0 Å². The third kappa shape index (κ3) is 11.8. The Morgan fingerprint density at radius 2 is 0.941 bits per heavy atom. The van der Waals surface area contributed by atoms with Gasteiger partial charge in [0.05, 0.1) is 47.3 Å². The van der Waals surface area contributed by atoms with Crippen LogP contribution in [0.3, 0.4) is 0 Å². The van der Waals surface area contributed by atoms with Gasteiger partial charge in [0.1, 0.15) is 54.2 Å². The fourth-order valence-corrected chi connectivity index (χ4v) is 8.54. The maximum Gasteiger partial charge on any atom is 0.337 e. The minimum atomic E-state index is -1.33. The first-order valence-electron chi connectivity index (χ1n) is 22.8. The fraction of sp³-hybridized carbons (Fsp3) is 0.327. The summed E-state index contributed by atoms with van der Waals surface area (Å²) in [5, 5.41) is 0. The standard InChI is InChI=1S/C55H56O13/c1-57-42-28-30-43(31-29-42)64-54-51(62-35-40-24-14-6-15-25-40)48(45-44(65-54)36-63-53(66-45)41-26-16-7-17-27-41)67-55-50(61-34-39-22-12-5-13-23-39)47(60-33-38-20-10-4-11-21-38)46(49(68-55)52(56)58-2)59-32-37-18-8-3-9-19-37/h3-31,44-51,53-55H,32-36H2,1-2H3/t44-,45+,46+,47+,48+,49+,50-,51-,53+,54-,55+/m1/s1. The van der Waals surface area contributed by atoms with Crippen molar-refractivity contribution >= 4 is 5.97 Å². The van der Waals surface area contributed by atoms with Gasteiger partial charge in [0.25, 0.3) is 0 Å². The monoisotopic (exact) mass is 924 g/mol. The van der Waals surface area contributed by atoms with E-state index in [2.05, 4.69) is 0 Å². The molecule has 6 aromatic carbocycles. The smallest absolute Gasteiger partial charge is 0.337 e. The molecule has 3 aliphatic rings. The Kier molecular flexibility index (Phi) is 16.2. The highest BCUT2D eigenvalue weighted by molar-refractivity contribution is 5.75. The van der Waals surface area contributed by atoms with Crippen LogP contribution in [0.25, 0.3) is 0 Å². The third-order valence-corrected chi connectivity index (χ3v) is 12.0. The minimum Gasteiger partial charge on any atom is -0.497 e. The Labute approximate surface area is 396 Å². The highest BCUT2D eigenvalue weighted by Crippen LogP contribution is 2.40. The average Bonchev–Trinajstić information content (AvgIpc) is 3.40. The molecule has 11 atom stereocenters. The van der Waals surface area contributed by atoms with Crippen molar-refractivity contribution in [2.75, 3.05) is 20.8 Å². The zero-order chi connectivity index (χ0) is 46.5. The Morgan fingerprint density at radius 1 is 0.485 bits per heavy atom. The second-order valence-electron chi connectivity index (χ2n) is 16.6. The molecule has 0 radical (unpaired) electrons. The van der Waals surface area contributed by atoms with E-state index in [-0.39, 0.29) is 33.0 Å². The van der Waals surface area contributed by atoms with Gasteiger partial charge in [-0.05, 0) is 46.5 Å². The Balaban J connectivity index is 1.13. The lowest BCUT2D eigenvalue weighted by molar-refractivity contribution is -0.392. The zero-order valence-corrected chi connectivity index (χ0v) is 37.9. The molecular formula is C55H56O13. The quantitative estimate of drug-likeness (QED) is 0.0721. The van der Waals surface area contributed by atoms with Gasteiger partial charge in [-0.1, -0.05) is 152 Å². The second-order valence-corrected chi connectivity index (χ2v) is 16.6. The predicted molar refractivity (Wildman–Crippen MR) is 248 cm³/mol. The van der Waals surface area contributed by atoms with E-state index in [1.807, 2.05) is 152 Å². The molecule has 13 heteroatoms. The van der Waals surface area contributed by atoms with Crippen LogP contribution in [0.1, 0.15) is 34.1 Å². The Bertz CT molecular complexity index is 2410. The largest absolute Gasteiger partial charge is 0.497 e. The van der Waals surface area contributed by atoms with Gasteiger partial charge in [0, 0.05) is 5.56 Å². The number of ether oxygens (including phenoxy) is 12. The lowest BCUT2D eigenvalue weighted by atomic mass is 9.95. The molecule has 0 bridgehead atoms. The lowest BCUT2D eigenvalue weighted by Crippen LogP contribution is -2.68. The summed E-state index contributed by atoms with van der Waals surface area (Å²) < 4.78 is 79.0. The molecule has 6 aromatic rings. The molecule has 9 rings (SSSR count). The molecule has 0 amide bonds. The van der Waals surface area contributed by atoms with Crippen molar-refractivity contribution < 1.29 is 61.6 Å². The number of carbonyl (C=O) groups excluding carboxylic acids is 1. The molecule has 3 saturated heterocycles. The van der Waals surface area contributed by atoms with E-state index in [0.29, 0.717) is 11.5 Å². The first kappa shape index (κ1) is 47.1. The molecule has 0 N–H and O–H groups in total. The molecule has 0 saturated carbocycles. The molecular weight excluding hydrogens is 869 g/mol. The number of benzene rings is 6. The molecule has 0 spiro atoms. The summed E-state index contributed by atoms with van der Waals surface area (Å²) in [5.74, 6) is 0.477.